The van der Waals surface area contributed by atoms with E-state index in [1.54, 1.807) is 0 Å². The van der Waals surface area contributed by atoms with Gasteiger partial charge in [0.2, 0.25) is 0 Å². The highest BCUT2D eigenvalue weighted by Gasteiger charge is 2.17. The predicted molar refractivity (Wildman–Crippen MR) is 66.6 cm³/mol. The molecule has 0 aliphatic carbocycles. The van der Waals surface area contributed by atoms with E-state index in [0.717, 1.165) is 6.54 Å². The Morgan fingerprint density at radius 3 is 2.19 bits per heavy atom. The zero-order valence-corrected chi connectivity index (χ0v) is 11.1. The van der Waals surface area contributed by atoms with E-state index in [9.17, 15) is 4.79 Å². The summed E-state index contributed by atoms with van der Waals surface area (Å²) in [6.07, 6.45) is 0.671. The third-order valence-corrected chi connectivity index (χ3v) is 2.18. The van der Waals surface area contributed by atoms with Gasteiger partial charge in [-0.15, -0.1) is 0 Å². The first-order valence-electron chi connectivity index (χ1n) is 5.93. The molecule has 0 radical (unpaired) electrons. The van der Waals surface area contributed by atoms with Crippen LogP contribution in [-0.2, 0) is 4.79 Å². The number of nitrogens with one attached hydrogen (secondary N) is 2. The van der Waals surface area contributed by atoms with Crippen molar-refractivity contribution in [2.75, 3.05) is 13.1 Å². The molecule has 0 bridgehead atoms. The molecule has 16 heavy (non-hydrogen) atoms. The lowest BCUT2D eigenvalue weighted by Gasteiger charge is -2.22. The Bertz CT molecular complexity index is 210. The van der Waals surface area contributed by atoms with Crippen molar-refractivity contribution in [3.05, 3.63) is 0 Å². The van der Waals surface area contributed by atoms with E-state index in [1.165, 1.54) is 0 Å². The van der Waals surface area contributed by atoms with Gasteiger partial charge in [-0.05, 0) is 33.1 Å². The van der Waals surface area contributed by atoms with Gasteiger partial charge in [0.05, 0.1) is 0 Å². The lowest BCUT2D eigenvalue weighted by atomic mass is 10.0. The zero-order valence-electron chi connectivity index (χ0n) is 11.1. The standard InChI is InChI=1S/C12H26N2O2/c1-9(2)8-10(11(15)16)13-6-7-14-12(3,4)5/h9-10,13-14H,6-8H2,1-5H3,(H,15,16). The van der Waals surface area contributed by atoms with Gasteiger partial charge >= 0.3 is 5.97 Å². The molecule has 0 rings (SSSR count). The summed E-state index contributed by atoms with van der Waals surface area (Å²) in [5.74, 6) is -0.367. The van der Waals surface area contributed by atoms with E-state index >= 15 is 0 Å². The first kappa shape index (κ1) is 15.4. The van der Waals surface area contributed by atoms with Crippen LogP contribution in [0.2, 0.25) is 0 Å². The Hall–Kier alpha value is -0.610. The molecular formula is C12H26N2O2. The Labute approximate surface area is 98.8 Å². The maximum absolute atomic E-state index is 10.9. The monoisotopic (exact) mass is 230 g/mol. The smallest absolute Gasteiger partial charge is 0.320 e. The van der Waals surface area contributed by atoms with Crippen molar-refractivity contribution in [3.8, 4) is 0 Å². The van der Waals surface area contributed by atoms with Crippen LogP contribution in [-0.4, -0.2) is 35.7 Å². The van der Waals surface area contributed by atoms with Crippen molar-refractivity contribution in [2.45, 2.75) is 52.6 Å². The Balaban J connectivity index is 3.82. The van der Waals surface area contributed by atoms with E-state index in [4.69, 9.17) is 5.11 Å². The first-order valence-corrected chi connectivity index (χ1v) is 5.93. The number of rotatable bonds is 7. The number of hydrogen-bond donors (Lipinski definition) is 3. The predicted octanol–water partition coefficient (Wildman–Crippen LogP) is 1.46. The molecule has 4 heteroatoms. The van der Waals surface area contributed by atoms with Crippen LogP contribution >= 0.6 is 0 Å². The minimum atomic E-state index is -0.760. The normalized spacial score (nSPS) is 14.1. The molecule has 0 spiro atoms. The summed E-state index contributed by atoms with van der Waals surface area (Å²) < 4.78 is 0. The van der Waals surface area contributed by atoms with Crippen molar-refractivity contribution in [3.63, 3.8) is 0 Å². The van der Waals surface area contributed by atoms with Gasteiger partial charge in [0.25, 0.3) is 0 Å². The highest BCUT2D eigenvalue weighted by atomic mass is 16.4. The summed E-state index contributed by atoms with van der Waals surface area (Å²) in [5.41, 5.74) is 0.0818. The largest absolute Gasteiger partial charge is 0.480 e. The molecule has 0 heterocycles. The molecule has 0 aromatic carbocycles. The molecule has 96 valence electrons. The molecule has 0 aliphatic heterocycles. The number of carbonyl (C=O) groups is 1. The minimum Gasteiger partial charge on any atom is -0.480 e. The molecule has 0 fully saturated rings. The maximum atomic E-state index is 10.9. The van der Waals surface area contributed by atoms with Crippen molar-refractivity contribution >= 4 is 5.97 Å². The van der Waals surface area contributed by atoms with Crippen LogP contribution in [0, 0.1) is 5.92 Å². The van der Waals surface area contributed by atoms with Gasteiger partial charge in [-0.2, -0.15) is 0 Å². The molecule has 0 aromatic heterocycles. The van der Waals surface area contributed by atoms with Gasteiger partial charge < -0.3 is 15.7 Å². The van der Waals surface area contributed by atoms with Crippen molar-refractivity contribution in [2.24, 2.45) is 5.92 Å². The van der Waals surface area contributed by atoms with E-state index in [-0.39, 0.29) is 5.54 Å². The van der Waals surface area contributed by atoms with Gasteiger partial charge in [-0.25, -0.2) is 0 Å². The maximum Gasteiger partial charge on any atom is 0.320 e. The van der Waals surface area contributed by atoms with Crippen LogP contribution in [0.25, 0.3) is 0 Å². The third kappa shape index (κ3) is 8.68. The Morgan fingerprint density at radius 2 is 1.81 bits per heavy atom. The summed E-state index contributed by atoms with van der Waals surface area (Å²) in [5, 5.41) is 15.4. The summed E-state index contributed by atoms with van der Waals surface area (Å²) in [6.45, 7) is 11.8. The van der Waals surface area contributed by atoms with Gasteiger partial charge in [-0.3, -0.25) is 4.79 Å². The lowest BCUT2D eigenvalue weighted by Crippen LogP contribution is -2.44. The molecule has 0 saturated carbocycles. The van der Waals surface area contributed by atoms with Crippen LogP contribution in [0.4, 0.5) is 0 Å². The van der Waals surface area contributed by atoms with E-state index in [0.29, 0.717) is 18.9 Å². The quantitative estimate of drug-likeness (QED) is 0.580. The van der Waals surface area contributed by atoms with Gasteiger partial charge in [0.1, 0.15) is 6.04 Å². The number of carboxylic acids is 1. The SMILES string of the molecule is CC(C)CC(NCCNC(C)(C)C)C(=O)O. The average Bonchev–Trinajstić information content (AvgIpc) is 2.07. The molecular weight excluding hydrogens is 204 g/mol. The van der Waals surface area contributed by atoms with Crippen LogP contribution < -0.4 is 10.6 Å². The minimum absolute atomic E-state index is 0.0818. The van der Waals surface area contributed by atoms with Gasteiger partial charge in [0, 0.05) is 18.6 Å². The van der Waals surface area contributed by atoms with Crippen molar-refractivity contribution in [1.29, 1.82) is 0 Å². The fourth-order valence-electron chi connectivity index (χ4n) is 1.43. The summed E-state index contributed by atoms with van der Waals surface area (Å²) in [7, 11) is 0. The number of carboxylic acid groups (broad SMARTS) is 1. The molecule has 3 N–H and O–H groups in total. The van der Waals surface area contributed by atoms with Gasteiger partial charge in [-0.1, -0.05) is 13.8 Å². The molecule has 1 unspecified atom stereocenters. The van der Waals surface area contributed by atoms with Crippen molar-refractivity contribution < 1.29 is 9.90 Å². The molecule has 0 aliphatic rings. The summed E-state index contributed by atoms with van der Waals surface area (Å²) in [4.78, 5) is 10.9. The molecule has 0 aromatic rings. The van der Waals surface area contributed by atoms with Crippen LogP contribution in [0.5, 0.6) is 0 Å². The summed E-state index contributed by atoms with van der Waals surface area (Å²) >= 11 is 0. The summed E-state index contributed by atoms with van der Waals surface area (Å²) in [6, 6.07) is -0.429. The number of aliphatic carboxylic acids is 1. The fourth-order valence-corrected chi connectivity index (χ4v) is 1.43. The van der Waals surface area contributed by atoms with Gasteiger partial charge in [0.15, 0.2) is 0 Å². The second kappa shape index (κ2) is 6.86. The fraction of sp³-hybridized carbons (Fsp3) is 0.917. The molecule has 4 nitrogen and oxygen atoms in total. The van der Waals surface area contributed by atoms with E-state index in [1.807, 2.05) is 13.8 Å². The van der Waals surface area contributed by atoms with Crippen LogP contribution in [0.1, 0.15) is 41.0 Å². The average molecular weight is 230 g/mol. The molecule has 0 amide bonds. The lowest BCUT2D eigenvalue weighted by molar-refractivity contribution is -0.139. The highest BCUT2D eigenvalue weighted by molar-refractivity contribution is 5.73. The topological polar surface area (TPSA) is 61.4 Å². The Kier molecular flexibility index (Phi) is 6.60. The Morgan fingerprint density at radius 1 is 1.25 bits per heavy atom. The van der Waals surface area contributed by atoms with E-state index < -0.39 is 12.0 Å². The second-order valence-electron chi connectivity index (χ2n) is 5.65. The highest BCUT2D eigenvalue weighted by Crippen LogP contribution is 2.04. The van der Waals surface area contributed by atoms with Crippen LogP contribution in [0.15, 0.2) is 0 Å². The molecule has 0 saturated heterocycles. The second-order valence-corrected chi connectivity index (χ2v) is 5.65. The number of hydrogen-bond acceptors (Lipinski definition) is 3. The first-order chi connectivity index (χ1) is 7.22. The molecule has 1 atom stereocenters. The van der Waals surface area contributed by atoms with Crippen molar-refractivity contribution in [1.82, 2.24) is 10.6 Å². The van der Waals surface area contributed by atoms with E-state index in [2.05, 4.69) is 31.4 Å². The van der Waals surface area contributed by atoms with Crippen LogP contribution in [0.3, 0.4) is 0 Å². The third-order valence-electron chi connectivity index (χ3n) is 2.18. The zero-order chi connectivity index (χ0) is 12.8.